The molecule has 3 nitrogen and oxygen atoms in total. The van der Waals surface area contributed by atoms with E-state index in [1.54, 1.807) is 0 Å². The monoisotopic (exact) mass is 165 g/mol. The van der Waals surface area contributed by atoms with Gasteiger partial charge < -0.3 is 10.0 Å². The summed E-state index contributed by atoms with van der Waals surface area (Å²) >= 11 is 0. The number of nitrogens with zero attached hydrogens (tertiary/aromatic N) is 1. The van der Waals surface area contributed by atoms with Crippen molar-refractivity contribution in [2.75, 3.05) is 0 Å². The van der Waals surface area contributed by atoms with Gasteiger partial charge in [0.2, 0.25) is 0 Å². The first-order chi connectivity index (χ1) is 5.63. The molecule has 0 amide bonds. The molecule has 60 valence electrons. The summed E-state index contributed by atoms with van der Waals surface area (Å²) in [4.78, 5) is 2.96. The fourth-order valence-electron chi connectivity index (χ4n) is 0.810. The van der Waals surface area contributed by atoms with E-state index in [0.29, 0.717) is 0 Å². The Kier molecular flexibility index (Phi) is 2.43. The number of hydrogen-bond acceptors (Lipinski definition) is 2. The minimum Gasteiger partial charge on any atom is -0.423 e. The first kappa shape index (κ1) is 8.72. The van der Waals surface area contributed by atoms with Crippen LogP contribution in [0.1, 0.15) is 0 Å². The van der Waals surface area contributed by atoms with Gasteiger partial charge in [-0.15, -0.1) is 0 Å². The summed E-state index contributed by atoms with van der Waals surface area (Å²) in [5.74, 6) is -0.647. The van der Waals surface area contributed by atoms with Crippen molar-refractivity contribution in [2.24, 2.45) is 0 Å². The van der Waals surface area contributed by atoms with E-state index in [4.69, 9.17) is 16.6 Å². The number of halogens is 1. The van der Waals surface area contributed by atoms with Crippen LogP contribution >= 0.6 is 0 Å². The molecule has 0 radical (unpaired) electrons. The van der Waals surface area contributed by atoms with Crippen LogP contribution in [0.3, 0.4) is 0 Å². The molecule has 0 aliphatic rings. The molecule has 1 rings (SSSR count). The molecule has 0 fully saturated rings. The lowest BCUT2D eigenvalue weighted by atomic mass is 9.80. The number of rotatable bonds is 1. The Morgan fingerprint density at radius 2 is 2.00 bits per heavy atom. The van der Waals surface area contributed by atoms with Gasteiger partial charge in [-0.25, -0.2) is 9.24 Å². The van der Waals surface area contributed by atoms with Gasteiger partial charge in [-0.05, 0) is 17.6 Å². The Bertz CT molecular complexity index is 335. The summed E-state index contributed by atoms with van der Waals surface area (Å²) in [6.45, 7) is 6.57. The van der Waals surface area contributed by atoms with Gasteiger partial charge in [0, 0.05) is 0 Å². The van der Waals surface area contributed by atoms with E-state index in [9.17, 15) is 4.39 Å². The molecule has 0 aliphatic heterocycles. The Balaban J connectivity index is 3.17. The third-order valence-corrected chi connectivity index (χ3v) is 1.33. The molecule has 12 heavy (non-hydrogen) atoms. The van der Waals surface area contributed by atoms with Gasteiger partial charge in [0.05, 0.1) is 6.57 Å². The summed E-state index contributed by atoms with van der Waals surface area (Å²) in [7, 11) is -1.74. The van der Waals surface area contributed by atoms with Gasteiger partial charge in [0.15, 0.2) is 5.69 Å². The molecule has 0 atom stereocenters. The highest BCUT2D eigenvalue weighted by atomic mass is 19.1. The Hall–Kier alpha value is -1.38. The molecule has 0 saturated heterocycles. The van der Waals surface area contributed by atoms with Crippen LogP contribution in [0.25, 0.3) is 4.85 Å². The van der Waals surface area contributed by atoms with Gasteiger partial charge in [0.25, 0.3) is 0 Å². The van der Waals surface area contributed by atoms with Crippen LogP contribution < -0.4 is 5.46 Å². The Morgan fingerprint density at radius 3 is 2.50 bits per heavy atom. The second kappa shape index (κ2) is 3.35. The van der Waals surface area contributed by atoms with Gasteiger partial charge in [-0.2, -0.15) is 0 Å². The molecule has 0 aromatic heterocycles. The SMILES string of the molecule is [C-]#[N+]c1cc(F)cc(B(O)O)c1. The molecule has 0 bridgehead atoms. The molecule has 5 heteroatoms. The molecule has 2 N–H and O–H groups in total. The normalized spacial score (nSPS) is 9.17. The third kappa shape index (κ3) is 1.81. The van der Waals surface area contributed by atoms with Crippen LogP contribution in [0, 0.1) is 12.4 Å². The van der Waals surface area contributed by atoms with Crippen molar-refractivity contribution in [1.29, 1.82) is 0 Å². The summed E-state index contributed by atoms with van der Waals surface area (Å²) in [6.07, 6.45) is 0. The van der Waals surface area contributed by atoms with Crippen LogP contribution in [-0.2, 0) is 0 Å². The zero-order chi connectivity index (χ0) is 9.14. The Morgan fingerprint density at radius 1 is 1.33 bits per heavy atom. The lowest BCUT2D eigenvalue weighted by molar-refractivity contribution is 0.425. The lowest BCUT2D eigenvalue weighted by Gasteiger charge is -1.99. The van der Waals surface area contributed by atoms with Crippen LogP contribution in [0.5, 0.6) is 0 Å². The summed E-state index contributed by atoms with van der Waals surface area (Å²) in [5.41, 5.74) is 0.0408. The largest absolute Gasteiger partial charge is 0.487 e. The van der Waals surface area contributed by atoms with E-state index < -0.39 is 12.9 Å². The molecule has 1 aromatic rings. The predicted molar refractivity (Wildman–Crippen MR) is 42.5 cm³/mol. The van der Waals surface area contributed by atoms with Crippen molar-refractivity contribution in [3.8, 4) is 0 Å². The van der Waals surface area contributed by atoms with E-state index in [-0.39, 0.29) is 11.2 Å². The predicted octanol–water partition coefficient (Wildman–Crippen LogP) is 0.0563. The van der Waals surface area contributed by atoms with Gasteiger partial charge >= 0.3 is 7.12 Å². The quantitative estimate of drug-likeness (QED) is 0.456. The second-order valence-electron chi connectivity index (χ2n) is 2.23. The van der Waals surface area contributed by atoms with E-state index in [2.05, 4.69) is 4.85 Å². The van der Waals surface area contributed by atoms with E-state index in [1.807, 2.05) is 0 Å². The van der Waals surface area contributed by atoms with E-state index in [1.165, 1.54) is 6.07 Å². The summed E-state index contributed by atoms with van der Waals surface area (Å²) < 4.78 is 12.6. The first-order valence-electron chi connectivity index (χ1n) is 3.17. The highest BCUT2D eigenvalue weighted by Crippen LogP contribution is 2.10. The lowest BCUT2D eigenvalue weighted by Crippen LogP contribution is -2.29. The van der Waals surface area contributed by atoms with Crippen LogP contribution in [0.15, 0.2) is 18.2 Å². The second-order valence-corrected chi connectivity index (χ2v) is 2.23. The minimum absolute atomic E-state index is 0.0130. The van der Waals surface area contributed by atoms with Crippen LogP contribution in [-0.4, -0.2) is 17.2 Å². The Labute approximate surface area is 69.0 Å². The van der Waals surface area contributed by atoms with Crippen molar-refractivity contribution < 1.29 is 14.4 Å². The fraction of sp³-hybridized carbons (Fsp3) is 0. The zero-order valence-corrected chi connectivity index (χ0v) is 6.03. The topological polar surface area (TPSA) is 44.8 Å². The maximum Gasteiger partial charge on any atom is 0.487 e. The average Bonchev–Trinajstić information content (AvgIpc) is 2.03. The molecule has 0 spiro atoms. The average molecular weight is 165 g/mol. The standard InChI is InChI=1S/C7H5BFNO2/c1-10-7-3-5(8(11)12)2-6(9)4-7/h2-4,11-12H. The molecular weight excluding hydrogens is 160 g/mol. The van der Waals surface area contributed by atoms with Crippen LogP contribution in [0.2, 0.25) is 0 Å². The summed E-state index contributed by atoms with van der Waals surface area (Å²) in [5, 5.41) is 17.3. The van der Waals surface area contributed by atoms with Gasteiger partial charge in [-0.3, -0.25) is 0 Å². The minimum atomic E-state index is -1.74. The molecule has 0 saturated carbocycles. The molecule has 0 heterocycles. The number of benzene rings is 1. The van der Waals surface area contributed by atoms with Crippen molar-refractivity contribution in [1.82, 2.24) is 0 Å². The smallest absolute Gasteiger partial charge is 0.423 e. The van der Waals surface area contributed by atoms with Crippen LogP contribution in [0.4, 0.5) is 10.1 Å². The zero-order valence-electron chi connectivity index (χ0n) is 6.03. The van der Waals surface area contributed by atoms with Gasteiger partial charge in [-0.1, -0.05) is 6.07 Å². The fourth-order valence-corrected chi connectivity index (χ4v) is 0.810. The third-order valence-electron chi connectivity index (χ3n) is 1.33. The maximum absolute atomic E-state index is 12.6. The van der Waals surface area contributed by atoms with E-state index in [0.717, 1.165) is 12.1 Å². The molecular formula is C7H5BFNO2. The van der Waals surface area contributed by atoms with Crippen molar-refractivity contribution in [2.45, 2.75) is 0 Å². The summed E-state index contributed by atoms with van der Waals surface area (Å²) in [6, 6.07) is 3.22. The first-order valence-corrected chi connectivity index (χ1v) is 3.17. The molecule has 1 aromatic carbocycles. The number of hydrogen-bond donors (Lipinski definition) is 2. The van der Waals surface area contributed by atoms with Crippen molar-refractivity contribution in [3.63, 3.8) is 0 Å². The van der Waals surface area contributed by atoms with Crippen molar-refractivity contribution in [3.05, 3.63) is 35.4 Å². The highest BCUT2D eigenvalue weighted by molar-refractivity contribution is 6.58. The maximum atomic E-state index is 12.6. The van der Waals surface area contributed by atoms with Crippen molar-refractivity contribution >= 4 is 18.3 Å². The van der Waals surface area contributed by atoms with Gasteiger partial charge in [0.1, 0.15) is 5.82 Å². The highest BCUT2D eigenvalue weighted by Gasteiger charge is 2.12. The molecule has 0 aliphatic carbocycles. The molecule has 0 unspecified atom stereocenters. The van der Waals surface area contributed by atoms with E-state index >= 15 is 0 Å².